The fourth-order valence-corrected chi connectivity index (χ4v) is 3.25. The van der Waals surface area contributed by atoms with E-state index >= 15 is 0 Å². The van der Waals surface area contributed by atoms with Gasteiger partial charge in [0.25, 0.3) is 0 Å². The first-order valence-electron chi connectivity index (χ1n) is 8.65. The molecule has 0 radical (unpaired) electrons. The maximum atomic E-state index is 12.1. The third-order valence-corrected chi connectivity index (χ3v) is 4.28. The maximum Gasteiger partial charge on any atom is 0.224 e. The van der Waals surface area contributed by atoms with E-state index < -0.39 is 0 Å². The van der Waals surface area contributed by atoms with Crippen molar-refractivity contribution >= 4 is 11.6 Å². The maximum absolute atomic E-state index is 12.1. The molecule has 0 saturated heterocycles. The molecule has 1 unspecified atom stereocenters. The molecule has 2 aromatic rings. The van der Waals surface area contributed by atoms with Gasteiger partial charge in [-0.3, -0.25) is 4.79 Å². The summed E-state index contributed by atoms with van der Waals surface area (Å²) in [5.41, 5.74) is 4.72. The SMILES string of the molecule is CC(C)(C)NC(=O)Cc1ccc2c(c1)CCC(c1ccccc1)N2. The number of benzene rings is 2. The van der Waals surface area contributed by atoms with Crippen LogP contribution in [-0.4, -0.2) is 11.4 Å². The molecule has 126 valence electrons. The molecule has 0 fully saturated rings. The van der Waals surface area contributed by atoms with Gasteiger partial charge in [0.2, 0.25) is 5.91 Å². The van der Waals surface area contributed by atoms with Crippen molar-refractivity contribution in [2.24, 2.45) is 0 Å². The predicted molar refractivity (Wildman–Crippen MR) is 99.2 cm³/mol. The first-order valence-corrected chi connectivity index (χ1v) is 8.65. The molecule has 3 rings (SSSR count). The molecule has 0 aromatic heterocycles. The lowest BCUT2D eigenvalue weighted by Gasteiger charge is -2.28. The van der Waals surface area contributed by atoms with Crippen LogP contribution in [0.5, 0.6) is 0 Å². The largest absolute Gasteiger partial charge is 0.378 e. The van der Waals surface area contributed by atoms with Gasteiger partial charge in [0.1, 0.15) is 0 Å². The highest BCUT2D eigenvalue weighted by atomic mass is 16.1. The first-order chi connectivity index (χ1) is 11.4. The fourth-order valence-electron chi connectivity index (χ4n) is 3.25. The van der Waals surface area contributed by atoms with E-state index in [4.69, 9.17) is 0 Å². The van der Waals surface area contributed by atoms with Gasteiger partial charge in [-0.1, -0.05) is 42.5 Å². The number of nitrogens with one attached hydrogen (secondary N) is 2. The molecule has 1 amide bonds. The van der Waals surface area contributed by atoms with Crippen LogP contribution in [0.3, 0.4) is 0 Å². The molecule has 1 atom stereocenters. The number of amides is 1. The van der Waals surface area contributed by atoms with Gasteiger partial charge < -0.3 is 10.6 Å². The number of fused-ring (bicyclic) bond motifs is 1. The molecule has 0 bridgehead atoms. The van der Waals surface area contributed by atoms with Gasteiger partial charge in [-0.05, 0) is 56.4 Å². The summed E-state index contributed by atoms with van der Waals surface area (Å²) in [4.78, 5) is 12.1. The Morgan fingerprint density at radius 2 is 1.92 bits per heavy atom. The topological polar surface area (TPSA) is 41.1 Å². The molecule has 1 heterocycles. The van der Waals surface area contributed by atoms with E-state index in [2.05, 4.69) is 59.2 Å². The summed E-state index contributed by atoms with van der Waals surface area (Å²) in [7, 11) is 0. The lowest BCUT2D eigenvalue weighted by Crippen LogP contribution is -2.41. The van der Waals surface area contributed by atoms with E-state index in [9.17, 15) is 4.79 Å². The zero-order chi connectivity index (χ0) is 17.2. The summed E-state index contributed by atoms with van der Waals surface area (Å²) in [5, 5.41) is 6.65. The van der Waals surface area contributed by atoms with Crippen LogP contribution in [-0.2, 0) is 17.6 Å². The molecule has 0 saturated carbocycles. The summed E-state index contributed by atoms with van der Waals surface area (Å²) in [6.45, 7) is 6.02. The average Bonchev–Trinajstić information content (AvgIpc) is 2.53. The Morgan fingerprint density at radius 1 is 1.17 bits per heavy atom. The molecule has 3 nitrogen and oxygen atoms in total. The Hall–Kier alpha value is -2.29. The summed E-state index contributed by atoms with van der Waals surface area (Å²) >= 11 is 0. The number of carbonyl (C=O) groups is 1. The fraction of sp³-hybridized carbons (Fsp3) is 0.381. The number of rotatable bonds is 3. The average molecular weight is 322 g/mol. The molecule has 24 heavy (non-hydrogen) atoms. The second-order valence-corrected chi connectivity index (χ2v) is 7.61. The Kier molecular flexibility index (Phi) is 4.61. The number of aryl methyl sites for hydroxylation is 1. The lowest BCUT2D eigenvalue weighted by atomic mass is 9.92. The molecule has 3 heteroatoms. The minimum absolute atomic E-state index is 0.0772. The van der Waals surface area contributed by atoms with Crippen molar-refractivity contribution in [2.75, 3.05) is 5.32 Å². The number of anilines is 1. The molecule has 2 N–H and O–H groups in total. The Bertz CT molecular complexity index is 716. The molecule has 0 spiro atoms. The van der Waals surface area contributed by atoms with Crippen LogP contribution in [0.2, 0.25) is 0 Å². The van der Waals surface area contributed by atoms with E-state index in [1.54, 1.807) is 0 Å². The number of carbonyl (C=O) groups excluding carboxylic acids is 1. The summed E-state index contributed by atoms with van der Waals surface area (Å²) < 4.78 is 0. The third kappa shape index (κ3) is 4.16. The van der Waals surface area contributed by atoms with Crippen LogP contribution in [0.15, 0.2) is 48.5 Å². The van der Waals surface area contributed by atoms with E-state index in [0.29, 0.717) is 12.5 Å². The van der Waals surface area contributed by atoms with Gasteiger partial charge in [0, 0.05) is 11.2 Å². The summed E-state index contributed by atoms with van der Waals surface area (Å²) in [6.07, 6.45) is 2.55. The van der Waals surface area contributed by atoms with Crippen molar-refractivity contribution in [3.8, 4) is 0 Å². The zero-order valence-electron chi connectivity index (χ0n) is 14.7. The zero-order valence-corrected chi connectivity index (χ0v) is 14.7. The first kappa shape index (κ1) is 16.6. The van der Waals surface area contributed by atoms with Crippen molar-refractivity contribution in [2.45, 2.75) is 51.6 Å². The molecule has 2 aromatic carbocycles. The van der Waals surface area contributed by atoms with Gasteiger partial charge in [-0.25, -0.2) is 0 Å². The van der Waals surface area contributed by atoms with Crippen LogP contribution in [0.25, 0.3) is 0 Å². The Balaban J connectivity index is 1.69. The van der Waals surface area contributed by atoms with Crippen LogP contribution < -0.4 is 10.6 Å². The Morgan fingerprint density at radius 3 is 2.62 bits per heavy atom. The lowest BCUT2D eigenvalue weighted by molar-refractivity contribution is -0.121. The smallest absolute Gasteiger partial charge is 0.224 e. The van der Waals surface area contributed by atoms with Crippen LogP contribution in [0.1, 0.15) is 49.9 Å². The molecular formula is C21H26N2O. The highest BCUT2D eigenvalue weighted by Crippen LogP contribution is 2.33. The predicted octanol–water partition coefficient (Wildman–Crippen LogP) is 4.24. The van der Waals surface area contributed by atoms with Crippen molar-refractivity contribution in [1.82, 2.24) is 5.32 Å². The van der Waals surface area contributed by atoms with Crippen LogP contribution in [0, 0.1) is 0 Å². The Labute approximate surface area is 144 Å². The highest BCUT2D eigenvalue weighted by molar-refractivity contribution is 5.79. The van der Waals surface area contributed by atoms with Crippen molar-refractivity contribution in [3.05, 3.63) is 65.2 Å². The van der Waals surface area contributed by atoms with E-state index in [0.717, 1.165) is 18.4 Å². The van der Waals surface area contributed by atoms with E-state index in [1.165, 1.54) is 16.8 Å². The third-order valence-electron chi connectivity index (χ3n) is 4.28. The number of hydrogen-bond acceptors (Lipinski definition) is 2. The van der Waals surface area contributed by atoms with Crippen LogP contribution in [0.4, 0.5) is 5.69 Å². The minimum Gasteiger partial charge on any atom is -0.378 e. The number of hydrogen-bond donors (Lipinski definition) is 2. The van der Waals surface area contributed by atoms with Gasteiger partial charge >= 0.3 is 0 Å². The van der Waals surface area contributed by atoms with Gasteiger partial charge in [0.05, 0.1) is 12.5 Å². The van der Waals surface area contributed by atoms with Gasteiger partial charge in [-0.15, -0.1) is 0 Å². The van der Waals surface area contributed by atoms with Gasteiger partial charge in [-0.2, -0.15) is 0 Å². The molecule has 1 aliphatic rings. The quantitative estimate of drug-likeness (QED) is 0.887. The monoisotopic (exact) mass is 322 g/mol. The second kappa shape index (κ2) is 6.68. The highest BCUT2D eigenvalue weighted by Gasteiger charge is 2.20. The van der Waals surface area contributed by atoms with Crippen molar-refractivity contribution in [3.63, 3.8) is 0 Å². The molecule has 1 aliphatic heterocycles. The standard InChI is InChI=1S/C21H26N2O/c1-21(2,3)23-20(24)14-15-9-11-19-17(13-15)10-12-18(22-19)16-7-5-4-6-8-16/h4-9,11,13,18,22H,10,12,14H2,1-3H3,(H,23,24). The van der Waals surface area contributed by atoms with E-state index in [-0.39, 0.29) is 11.4 Å². The van der Waals surface area contributed by atoms with Crippen molar-refractivity contribution in [1.29, 1.82) is 0 Å². The summed E-state index contributed by atoms with van der Waals surface area (Å²) in [6, 6.07) is 17.3. The van der Waals surface area contributed by atoms with Gasteiger partial charge in [0.15, 0.2) is 0 Å². The van der Waals surface area contributed by atoms with Crippen LogP contribution >= 0.6 is 0 Å². The molecule has 0 aliphatic carbocycles. The normalized spacial score (nSPS) is 16.9. The van der Waals surface area contributed by atoms with Crippen molar-refractivity contribution < 1.29 is 4.79 Å². The minimum atomic E-state index is -0.185. The molecular weight excluding hydrogens is 296 g/mol. The van der Waals surface area contributed by atoms with E-state index in [1.807, 2.05) is 20.8 Å². The second-order valence-electron chi connectivity index (χ2n) is 7.61. The summed E-state index contributed by atoms with van der Waals surface area (Å²) in [5.74, 6) is 0.0772.